The van der Waals surface area contributed by atoms with Crippen molar-refractivity contribution in [1.82, 2.24) is 6.15 Å². The molecule has 0 saturated carbocycles. The minimum Gasteiger partial charge on any atom is -0.450 e. The van der Waals surface area contributed by atoms with Gasteiger partial charge in [-0.15, -0.1) is 0 Å². The van der Waals surface area contributed by atoms with Crippen LogP contribution in [0.4, 0.5) is 4.79 Å². The van der Waals surface area contributed by atoms with Crippen molar-refractivity contribution < 1.29 is 58.0 Å². The smallest absolute Gasteiger partial charge is 0.450 e. The third-order valence-corrected chi connectivity index (χ3v) is 0. The molecule has 0 heterocycles. The van der Waals surface area contributed by atoms with E-state index in [2.05, 4.69) is 0 Å². The van der Waals surface area contributed by atoms with Crippen molar-refractivity contribution >= 4 is 6.16 Å². The van der Waals surface area contributed by atoms with Crippen LogP contribution in [0.2, 0.25) is 0 Å². The molecule has 7 heavy (non-hydrogen) atoms. The van der Waals surface area contributed by atoms with Gasteiger partial charge in [0.1, 0.15) is 0 Å². The molecule has 0 aliphatic rings. The van der Waals surface area contributed by atoms with Crippen LogP contribution in [0.5, 0.6) is 0 Å². The molecular formula is CH5CoNO3Zr. The molecule has 0 bridgehead atoms. The second-order valence-electron chi connectivity index (χ2n) is 0.283. The van der Waals surface area contributed by atoms with E-state index in [0.717, 1.165) is 0 Å². The molecule has 0 saturated heterocycles. The molecule has 0 fully saturated rings. The molecular weight excluding hydrogens is 224 g/mol. The summed E-state index contributed by atoms with van der Waals surface area (Å²) in [5.41, 5.74) is 0. The summed E-state index contributed by atoms with van der Waals surface area (Å²) in [6.45, 7) is 0. The molecule has 1 radical (unpaired) electrons. The molecule has 0 aliphatic carbocycles. The minimum atomic E-state index is -1.83. The summed E-state index contributed by atoms with van der Waals surface area (Å²) in [5.74, 6) is 0. The van der Waals surface area contributed by atoms with Crippen molar-refractivity contribution in [3.05, 3.63) is 0 Å². The van der Waals surface area contributed by atoms with Crippen molar-refractivity contribution in [2.24, 2.45) is 0 Å². The molecule has 0 unspecified atom stereocenters. The molecule has 0 aliphatic heterocycles. The maximum Gasteiger partial charge on any atom is 0.503 e. The molecule has 0 rings (SSSR count). The minimum absolute atomic E-state index is 0. The number of hydrogen-bond donors (Lipinski definition) is 3. The van der Waals surface area contributed by atoms with Crippen LogP contribution in [-0.2, 0) is 43.0 Å². The Kier molecular flexibility index (Phi) is 58.1. The van der Waals surface area contributed by atoms with Crippen LogP contribution in [-0.4, -0.2) is 16.4 Å². The normalized spacial score (nSPS) is 3.43. The van der Waals surface area contributed by atoms with Gasteiger partial charge in [-0.2, -0.15) is 0 Å². The van der Waals surface area contributed by atoms with Gasteiger partial charge in [0.25, 0.3) is 0 Å². The summed E-state index contributed by atoms with van der Waals surface area (Å²) < 4.78 is 0. The third-order valence-electron chi connectivity index (χ3n) is 0. The molecule has 6 heteroatoms. The number of carboxylic acid groups (broad SMARTS) is 2. The Morgan fingerprint density at radius 1 is 1.29 bits per heavy atom. The Labute approximate surface area is 70.2 Å². The van der Waals surface area contributed by atoms with Gasteiger partial charge in [0.15, 0.2) is 0 Å². The number of rotatable bonds is 0. The van der Waals surface area contributed by atoms with Gasteiger partial charge < -0.3 is 16.4 Å². The topological polar surface area (TPSA) is 92.5 Å². The van der Waals surface area contributed by atoms with E-state index in [1.54, 1.807) is 0 Å². The van der Waals surface area contributed by atoms with Gasteiger partial charge in [0, 0.05) is 43.0 Å². The predicted molar refractivity (Wildman–Crippen MR) is 15.7 cm³/mol. The van der Waals surface area contributed by atoms with E-state index in [-0.39, 0.29) is 49.1 Å². The van der Waals surface area contributed by atoms with Gasteiger partial charge in [-0.3, -0.25) is 0 Å². The monoisotopic (exact) mass is 228 g/mol. The zero-order chi connectivity index (χ0) is 3.58. The van der Waals surface area contributed by atoms with Gasteiger partial charge in [-0.05, 0) is 0 Å². The first-order chi connectivity index (χ1) is 1.73. The molecule has 0 amide bonds. The third kappa shape index (κ3) is 368. The SMILES string of the molecule is N.O=C(O)O.[Co].[Zr]. The first-order valence-corrected chi connectivity index (χ1v) is 0.651. The van der Waals surface area contributed by atoms with Crippen LogP contribution in [0.1, 0.15) is 0 Å². The summed E-state index contributed by atoms with van der Waals surface area (Å²) in [6.07, 6.45) is -1.83. The largest absolute Gasteiger partial charge is 0.503 e. The van der Waals surface area contributed by atoms with E-state index in [4.69, 9.17) is 15.0 Å². The van der Waals surface area contributed by atoms with Gasteiger partial charge in [0.2, 0.25) is 0 Å². The second-order valence-corrected chi connectivity index (χ2v) is 0.283. The molecule has 5 N–H and O–H groups in total. The molecule has 0 atom stereocenters. The van der Waals surface area contributed by atoms with E-state index >= 15 is 0 Å². The van der Waals surface area contributed by atoms with E-state index < -0.39 is 6.16 Å². The maximum atomic E-state index is 8.56. The average molecular weight is 229 g/mol. The Bertz CT molecular complexity index is 37.9. The van der Waals surface area contributed by atoms with E-state index in [9.17, 15) is 0 Å². The van der Waals surface area contributed by atoms with Crippen molar-refractivity contribution in [1.29, 1.82) is 0 Å². The number of carbonyl (C=O) groups is 1. The Hall–Kier alpha value is 0.620. The van der Waals surface area contributed by atoms with Crippen molar-refractivity contribution in [3.8, 4) is 0 Å². The molecule has 0 aromatic rings. The fourth-order valence-electron chi connectivity index (χ4n) is 0. The van der Waals surface area contributed by atoms with Crippen LogP contribution < -0.4 is 6.15 Å². The molecule has 0 aromatic carbocycles. The van der Waals surface area contributed by atoms with Crippen LogP contribution in [0.3, 0.4) is 0 Å². The Morgan fingerprint density at radius 3 is 1.29 bits per heavy atom. The summed E-state index contributed by atoms with van der Waals surface area (Å²) >= 11 is 0. The molecule has 0 spiro atoms. The average Bonchev–Trinajstić information content (AvgIpc) is 0.811. The summed E-state index contributed by atoms with van der Waals surface area (Å²) in [5, 5.41) is 13.9. The number of hydrogen-bond acceptors (Lipinski definition) is 2. The maximum absolute atomic E-state index is 8.56. The zero-order valence-corrected chi connectivity index (χ0v) is 6.84. The van der Waals surface area contributed by atoms with Gasteiger partial charge in [-0.25, -0.2) is 4.79 Å². The van der Waals surface area contributed by atoms with Crippen molar-refractivity contribution in [2.75, 3.05) is 0 Å². The van der Waals surface area contributed by atoms with E-state index in [1.165, 1.54) is 0 Å². The van der Waals surface area contributed by atoms with Gasteiger partial charge in [-0.1, -0.05) is 0 Å². The predicted octanol–water partition coefficient (Wildman–Crippen LogP) is 0.379. The first kappa shape index (κ1) is 25.5. The molecule has 4 nitrogen and oxygen atoms in total. The van der Waals surface area contributed by atoms with Crippen LogP contribution in [0, 0.1) is 0 Å². The molecule has 45 valence electrons. The second kappa shape index (κ2) is 16.0. The van der Waals surface area contributed by atoms with Crippen LogP contribution >= 0.6 is 0 Å². The Balaban J connectivity index is -0.0000000150. The van der Waals surface area contributed by atoms with Crippen LogP contribution in [0.15, 0.2) is 0 Å². The summed E-state index contributed by atoms with van der Waals surface area (Å²) in [7, 11) is 0. The van der Waals surface area contributed by atoms with Crippen molar-refractivity contribution in [2.45, 2.75) is 0 Å². The van der Waals surface area contributed by atoms with Gasteiger partial charge >= 0.3 is 6.16 Å². The summed E-state index contributed by atoms with van der Waals surface area (Å²) in [4.78, 5) is 8.56. The van der Waals surface area contributed by atoms with Crippen molar-refractivity contribution in [3.63, 3.8) is 0 Å². The van der Waals surface area contributed by atoms with E-state index in [0.29, 0.717) is 0 Å². The van der Waals surface area contributed by atoms with E-state index in [1.807, 2.05) is 0 Å². The zero-order valence-electron chi connectivity index (χ0n) is 3.34. The first-order valence-electron chi connectivity index (χ1n) is 0.651. The Morgan fingerprint density at radius 2 is 1.29 bits per heavy atom. The van der Waals surface area contributed by atoms with Gasteiger partial charge in [0.05, 0.1) is 0 Å². The quantitative estimate of drug-likeness (QED) is 0.559. The molecule has 0 aromatic heterocycles. The van der Waals surface area contributed by atoms with Crippen LogP contribution in [0.25, 0.3) is 0 Å². The summed E-state index contributed by atoms with van der Waals surface area (Å²) in [6, 6.07) is 0. The fourth-order valence-corrected chi connectivity index (χ4v) is 0. The fraction of sp³-hybridized carbons (Fsp3) is 0. The standard InChI is InChI=1S/CH2O3.Co.H3N.Zr/c2-1(3)4;;;/h(H2,2,3,4);;1H3;.